The molecule has 0 saturated carbocycles. The second-order valence-corrected chi connectivity index (χ2v) is 13.6. The number of hydrogen-bond acceptors (Lipinski definition) is 4. The van der Waals surface area contributed by atoms with Crippen LogP contribution >= 0.6 is 23.2 Å². The predicted octanol–water partition coefficient (Wildman–Crippen LogP) is 7.33. The molecule has 1 saturated heterocycles. The van der Waals surface area contributed by atoms with Crippen LogP contribution in [-0.4, -0.2) is 46.7 Å². The van der Waals surface area contributed by atoms with Crippen LogP contribution in [0, 0.1) is 0 Å². The van der Waals surface area contributed by atoms with Crippen molar-refractivity contribution in [1.82, 2.24) is 14.1 Å². The van der Waals surface area contributed by atoms with Gasteiger partial charge in [-0.2, -0.15) is 9.40 Å². The fraction of sp³-hybridized carbons (Fsp3) is 0.212. The average Bonchev–Trinajstić information content (AvgIpc) is 3.35. The Balaban J connectivity index is 1.30. The molecule has 1 aromatic heterocycles. The van der Waals surface area contributed by atoms with Crippen molar-refractivity contribution in [1.29, 1.82) is 0 Å². The number of carbonyl (C=O) groups is 1. The minimum absolute atomic E-state index is 0.0495. The Hall–Kier alpha value is -3.69. The highest BCUT2D eigenvalue weighted by Gasteiger charge is 2.32. The van der Waals surface area contributed by atoms with Crippen LogP contribution in [0.2, 0.25) is 10.0 Å². The van der Waals surface area contributed by atoms with Gasteiger partial charge in [0.25, 0.3) is 0 Å². The molecule has 10 heteroatoms. The zero-order chi connectivity index (χ0) is 30.3. The molecule has 1 aliphatic heterocycles. The number of sulfonamides is 1. The summed E-state index contributed by atoms with van der Waals surface area (Å²) in [4.78, 5) is 11.3. The van der Waals surface area contributed by atoms with E-state index in [1.54, 1.807) is 0 Å². The zero-order valence-corrected chi connectivity index (χ0v) is 25.6. The SMILES string of the molecule is Cn1nc(C2CCN(S(=O)(=O)c3ccc(C(=O)O)cc3)CC2)c2cc(C(c3ccc(Cl)cc3)c3ccc(Cl)cc3)ccc21. The van der Waals surface area contributed by atoms with E-state index in [2.05, 4.69) is 18.2 Å². The molecule has 0 spiro atoms. The van der Waals surface area contributed by atoms with Crippen LogP contribution in [0.25, 0.3) is 10.9 Å². The normalized spacial score (nSPS) is 14.9. The highest BCUT2D eigenvalue weighted by Crippen LogP contribution is 2.38. The van der Waals surface area contributed by atoms with Gasteiger partial charge in [-0.1, -0.05) is 53.5 Å². The third-order valence-corrected chi connectivity index (χ3v) is 10.6. The molecule has 0 bridgehead atoms. The van der Waals surface area contributed by atoms with E-state index in [-0.39, 0.29) is 22.3 Å². The highest BCUT2D eigenvalue weighted by molar-refractivity contribution is 7.89. The van der Waals surface area contributed by atoms with Crippen LogP contribution in [-0.2, 0) is 17.1 Å². The Labute approximate surface area is 260 Å². The quantitative estimate of drug-likeness (QED) is 0.189. The molecule has 0 aliphatic carbocycles. The molecule has 5 aromatic rings. The maximum absolute atomic E-state index is 13.3. The third kappa shape index (κ3) is 5.80. The van der Waals surface area contributed by atoms with Gasteiger partial charge in [0, 0.05) is 47.4 Å². The number of piperidine rings is 1. The molecular weight excluding hydrogens is 605 g/mol. The summed E-state index contributed by atoms with van der Waals surface area (Å²) in [5.74, 6) is -1.06. The monoisotopic (exact) mass is 633 g/mol. The van der Waals surface area contributed by atoms with Crippen LogP contribution in [0.3, 0.4) is 0 Å². The van der Waals surface area contributed by atoms with Crippen molar-refractivity contribution in [2.24, 2.45) is 7.05 Å². The van der Waals surface area contributed by atoms with E-state index < -0.39 is 16.0 Å². The maximum Gasteiger partial charge on any atom is 0.335 e. The van der Waals surface area contributed by atoms with Crippen molar-refractivity contribution in [2.75, 3.05) is 13.1 Å². The zero-order valence-electron chi connectivity index (χ0n) is 23.3. The van der Waals surface area contributed by atoms with Crippen LogP contribution in [0.1, 0.15) is 57.4 Å². The summed E-state index contributed by atoms with van der Waals surface area (Å²) >= 11 is 12.4. The maximum atomic E-state index is 13.3. The summed E-state index contributed by atoms with van der Waals surface area (Å²) in [7, 11) is -1.80. The predicted molar refractivity (Wildman–Crippen MR) is 169 cm³/mol. The van der Waals surface area contributed by atoms with E-state index in [4.69, 9.17) is 33.4 Å². The number of rotatable bonds is 7. The minimum atomic E-state index is -3.74. The van der Waals surface area contributed by atoms with E-state index in [0.717, 1.165) is 33.3 Å². The van der Waals surface area contributed by atoms with E-state index in [9.17, 15) is 13.2 Å². The van der Waals surface area contributed by atoms with Crippen LogP contribution in [0.5, 0.6) is 0 Å². The van der Waals surface area contributed by atoms with Crippen LogP contribution in [0.4, 0.5) is 0 Å². The van der Waals surface area contributed by atoms with Gasteiger partial charge < -0.3 is 5.11 Å². The molecule has 6 rings (SSSR count). The standard InChI is InChI=1S/C33H29Cl2N3O4S/c1-37-30-15-8-25(31(21-2-9-26(34)10-3-21)22-4-11-27(35)12-5-22)20-29(30)32(36-37)23-16-18-38(19-17-23)43(41,42)28-13-6-24(7-14-28)33(39)40/h2-15,20,23,31H,16-19H2,1H3,(H,39,40). The van der Waals surface area contributed by atoms with Gasteiger partial charge in [0.2, 0.25) is 10.0 Å². The first kappa shape index (κ1) is 29.4. The number of nitrogens with zero attached hydrogens (tertiary/aromatic N) is 3. The summed E-state index contributed by atoms with van der Waals surface area (Å²) < 4.78 is 30.0. The molecule has 220 valence electrons. The summed E-state index contributed by atoms with van der Waals surface area (Å²) in [5, 5.41) is 16.5. The molecule has 0 radical (unpaired) electrons. The second-order valence-electron chi connectivity index (χ2n) is 10.8. The number of fused-ring (bicyclic) bond motifs is 1. The van der Waals surface area contributed by atoms with E-state index >= 15 is 0 Å². The molecular formula is C33H29Cl2N3O4S. The number of aromatic carboxylic acids is 1. The van der Waals surface area contributed by atoms with Gasteiger partial charge in [0.1, 0.15) is 0 Å². The first-order chi connectivity index (χ1) is 20.6. The van der Waals surface area contributed by atoms with Crippen LogP contribution < -0.4 is 0 Å². The van der Waals surface area contributed by atoms with E-state index in [1.165, 1.54) is 28.6 Å². The van der Waals surface area contributed by atoms with Crippen molar-refractivity contribution in [3.05, 3.63) is 129 Å². The molecule has 4 aromatic carbocycles. The number of carboxylic acid groups (broad SMARTS) is 1. The van der Waals surface area contributed by atoms with Gasteiger partial charge in [-0.3, -0.25) is 4.68 Å². The molecule has 7 nitrogen and oxygen atoms in total. The van der Waals surface area contributed by atoms with Gasteiger partial charge >= 0.3 is 5.97 Å². The topological polar surface area (TPSA) is 92.5 Å². The molecule has 0 unspecified atom stereocenters. The fourth-order valence-corrected chi connectivity index (χ4v) is 7.69. The first-order valence-corrected chi connectivity index (χ1v) is 16.1. The highest BCUT2D eigenvalue weighted by atomic mass is 35.5. The molecule has 0 atom stereocenters. The van der Waals surface area contributed by atoms with Gasteiger partial charge in [0.05, 0.1) is 21.7 Å². The molecule has 2 heterocycles. The minimum Gasteiger partial charge on any atom is -0.478 e. The Kier molecular flexibility index (Phi) is 8.04. The van der Waals surface area contributed by atoms with Crippen molar-refractivity contribution in [3.8, 4) is 0 Å². The Morgan fingerprint density at radius 3 is 1.91 bits per heavy atom. The lowest BCUT2D eigenvalue weighted by Crippen LogP contribution is -2.38. The molecule has 1 fully saturated rings. The second kappa shape index (κ2) is 11.8. The van der Waals surface area contributed by atoms with E-state index in [0.29, 0.717) is 36.0 Å². The van der Waals surface area contributed by atoms with E-state index in [1.807, 2.05) is 60.3 Å². The lowest BCUT2D eigenvalue weighted by molar-refractivity contribution is 0.0696. The Morgan fingerprint density at radius 1 is 0.837 bits per heavy atom. The number of hydrogen-bond donors (Lipinski definition) is 1. The summed E-state index contributed by atoms with van der Waals surface area (Å²) in [6, 6.07) is 27.6. The lowest BCUT2D eigenvalue weighted by Gasteiger charge is -2.30. The third-order valence-electron chi connectivity index (χ3n) is 8.22. The molecule has 43 heavy (non-hydrogen) atoms. The number of aromatic nitrogens is 2. The van der Waals surface area contributed by atoms with Gasteiger partial charge in [-0.15, -0.1) is 0 Å². The Bertz CT molecular complexity index is 1850. The number of benzene rings is 4. The molecule has 1 aliphatic rings. The number of aryl methyl sites for hydroxylation is 1. The number of carboxylic acids is 1. The Morgan fingerprint density at radius 2 is 1.37 bits per heavy atom. The van der Waals surface area contributed by atoms with Crippen molar-refractivity contribution < 1.29 is 18.3 Å². The lowest BCUT2D eigenvalue weighted by atomic mass is 9.84. The van der Waals surface area contributed by atoms with Crippen molar-refractivity contribution in [2.45, 2.75) is 29.6 Å². The summed E-state index contributed by atoms with van der Waals surface area (Å²) in [6.45, 7) is 0.702. The average molecular weight is 635 g/mol. The van der Waals surface area contributed by atoms with Gasteiger partial charge in [-0.05, 0) is 90.2 Å². The van der Waals surface area contributed by atoms with Crippen molar-refractivity contribution in [3.63, 3.8) is 0 Å². The number of halogens is 2. The summed E-state index contributed by atoms with van der Waals surface area (Å²) in [5.41, 5.74) is 5.34. The smallest absolute Gasteiger partial charge is 0.335 e. The van der Waals surface area contributed by atoms with Gasteiger partial charge in [0.15, 0.2) is 0 Å². The van der Waals surface area contributed by atoms with Crippen molar-refractivity contribution >= 4 is 50.1 Å². The largest absolute Gasteiger partial charge is 0.478 e. The molecule has 1 N–H and O–H groups in total. The summed E-state index contributed by atoms with van der Waals surface area (Å²) in [6.07, 6.45) is 1.25. The van der Waals surface area contributed by atoms with Gasteiger partial charge in [-0.25, -0.2) is 13.2 Å². The first-order valence-electron chi connectivity index (χ1n) is 13.9. The fourth-order valence-electron chi connectivity index (χ4n) is 5.97. The van der Waals surface area contributed by atoms with Crippen LogP contribution in [0.15, 0.2) is 95.9 Å². The molecule has 0 amide bonds.